The summed E-state index contributed by atoms with van der Waals surface area (Å²) in [6, 6.07) is 1.66. The second-order valence-electron chi connectivity index (χ2n) is 3.49. The molecule has 15 heavy (non-hydrogen) atoms. The van der Waals surface area contributed by atoms with Gasteiger partial charge in [-0.05, 0) is 30.4 Å². The number of carbonyl (C=O) groups is 1. The summed E-state index contributed by atoms with van der Waals surface area (Å²) < 4.78 is 9.49. The standard InChI is InChI=1S/C9H12N2O3S/c10-9(13)6-3-8(15-11-6)7-2-1-5(4-12)14-7/h3,5,7,12H,1-2,4H2,(H2,10,13). The van der Waals surface area contributed by atoms with E-state index in [-0.39, 0.29) is 24.5 Å². The minimum Gasteiger partial charge on any atom is -0.394 e. The van der Waals surface area contributed by atoms with E-state index >= 15 is 0 Å². The molecule has 0 aliphatic carbocycles. The van der Waals surface area contributed by atoms with E-state index in [1.165, 1.54) is 11.5 Å². The molecular weight excluding hydrogens is 216 g/mol. The van der Waals surface area contributed by atoms with E-state index in [9.17, 15) is 4.79 Å². The number of aromatic nitrogens is 1. The number of hydrogen-bond acceptors (Lipinski definition) is 5. The number of amides is 1. The van der Waals surface area contributed by atoms with Gasteiger partial charge >= 0.3 is 0 Å². The van der Waals surface area contributed by atoms with Crippen LogP contribution in [0.2, 0.25) is 0 Å². The fourth-order valence-corrected chi connectivity index (χ4v) is 2.41. The Balaban J connectivity index is 2.07. The SMILES string of the molecule is NC(=O)c1cc(C2CCC(CO)O2)sn1. The van der Waals surface area contributed by atoms with Crippen molar-refractivity contribution in [1.82, 2.24) is 4.37 Å². The van der Waals surface area contributed by atoms with Crippen LogP contribution in [0, 0.1) is 0 Å². The Morgan fingerprint density at radius 1 is 1.73 bits per heavy atom. The summed E-state index contributed by atoms with van der Waals surface area (Å²) in [6.45, 7) is 0.0397. The number of carbonyl (C=O) groups excluding carboxylic acids is 1. The van der Waals surface area contributed by atoms with Gasteiger partial charge in [-0.25, -0.2) is 0 Å². The van der Waals surface area contributed by atoms with Crippen LogP contribution in [0.15, 0.2) is 6.07 Å². The van der Waals surface area contributed by atoms with Crippen LogP contribution in [0.4, 0.5) is 0 Å². The van der Waals surface area contributed by atoms with Crippen LogP contribution in [-0.2, 0) is 4.74 Å². The van der Waals surface area contributed by atoms with Crippen molar-refractivity contribution in [3.8, 4) is 0 Å². The topological polar surface area (TPSA) is 85.4 Å². The van der Waals surface area contributed by atoms with E-state index in [0.29, 0.717) is 0 Å². The van der Waals surface area contributed by atoms with E-state index < -0.39 is 5.91 Å². The molecule has 1 aliphatic rings. The van der Waals surface area contributed by atoms with E-state index in [4.69, 9.17) is 15.6 Å². The summed E-state index contributed by atoms with van der Waals surface area (Å²) in [6.07, 6.45) is 1.55. The average Bonchev–Trinajstić information content (AvgIpc) is 2.86. The lowest BCUT2D eigenvalue weighted by atomic mass is 10.2. The van der Waals surface area contributed by atoms with Gasteiger partial charge in [-0.3, -0.25) is 4.79 Å². The number of nitrogens with two attached hydrogens (primary N) is 1. The molecule has 0 spiro atoms. The van der Waals surface area contributed by atoms with E-state index in [1.807, 2.05) is 0 Å². The van der Waals surface area contributed by atoms with Crippen molar-refractivity contribution in [3.63, 3.8) is 0 Å². The van der Waals surface area contributed by atoms with Gasteiger partial charge in [0, 0.05) is 0 Å². The molecule has 3 N–H and O–H groups in total. The molecule has 2 heterocycles. The maximum absolute atomic E-state index is 10.8. The Labute approximate surface area is 91.0 Å². The van der Waals surface area contributed by atoms with Crippen molar-refractivity contribution in [2.24, 2.45) is 5.73 Å². The van der Waals surface area contributed by atoms with Gasteiger partial charge in [-0.1, -0.05) is 0 Å². The van der Waals surface area contributed by atoms with Crippen molar-refractivity contribution in [3.05, 3.63) is 16.6 Å². The predicted molar refractivity (Wildman–Crippen MR) is 54.6 cm³/mol. The molecule has 5 nitrogen and oxygen atoms in total. The highest BCUT2D eigenvalue weighted by Crippen LogP contribution is 2.34. The molecule has 1 aliphatic heterocycles. The highest BCUT2D eigenvalue weighted by molar-refractivity contribution is 7.06. The van der Waals surface area contributed by atoms with Crippen molar-refractivity contribution >= 4 is 17.4 Å². The summed E-state index contributed by atoms with van der Waals surface area (Å²) in [7, 11) is 0. The second-order valence-corrected chi connectivity index (χ2v) is 4.32. The number of aliphatic hydroxyl groups excluding tert-OH is 1. The molecule has 0 radical (unpaired) electrons. The Hall–Kier alpha value is -0.980. The van der Waals surface area contributed by atoms with Crippen LogP contribution >= 0.6 is 11.5 Å². The summed E-state index contributed by atoms with van der Waals surface area (Å²) >= 11 is 1.23. The van der Waals surface area contributed by atoms with Crippen molar-refractivity contribution in [1.29, 1.82) is 0 Å². The van der Waals surface area contributed by atoms with Crippen LogP contribution in [0.25, 0.3) is 0 Å². The van der Waals surface area contributed by atoms with Gasteiger partial charge in [0.25, 0.3) is 5.91 Å². The molecule has 2 atom stereocenters. The molecule has 1 saturated heterocycles. The fourth-order valence-electron chi connectivity index (χ4n) is 1.61. The highest BCUT2D eigenvalue weighted by atomic mass is 32.1. The lowest BCUT2D eigenvalue weighted by molar-refractivity contribution is 0.0124. The minimum absolute atomic E-state index is 0.0397. The quantitative estimate of drug-likeness (QED) is 0.786. The maximum atomic E-state index is 10.8. The molecule has 1 amide bonds. The van der Waals surface area contributed by atoms with Crippen LogP contribution in [0.3, 0.4) is 0 Å². The fraction of sp³-hybridized carbons (Fsp3) is 0.556. The third-order valence-corrected chi connectivity index (χ3v) is 3.29. The summed E-state index contributed by atoms with van der Waals surface area (Å²) in [5.74, 6) is -0.519. The van der Waals surface area contributed by atoms with Crippen molar-refractivity contribution < 1.29 is 14.6 Å². The van der Waals surface area contributed by atoms with Crippen LogP contribution in [0.1, 0.15) is 34.3 Å². The molecular formula is C9H12N2O3S. The third-order valence-electron chi connectivity index (χ3n) is 2.41. The molecule has 0 saturated carbocycles. The molecule has 0 bridgehead atoms. The van der Waals surface area contributed by atoms with E-state index in [1.54, 1.807) is 6.07 Å². The maximum Gasteiger partial charge on any atom is 0.268 e. The Kier molecular flexibility index (Phi) is 2.99. The normalized spacial score (nSPS) is 25.7. The smallest absolute Gasteiger partial charge is 0.268 e. The molecule has 2 rings (SSSR count). The summed E-state index contributed by atoms with van der Waals surface area (Å²) in [5, 5.41) is 8.91. The number of hydrogen-bond donors (Lipinski definition) is 2. The molecule has 82 valence electrons. The van der Waals surface area contributed by atoms with Crippen LogP contribution in [0.5, 0.6) is 0 Å². The zero-order valence-corrected chi connectivity index (χ0v) is 8.87. The third kappa shape index (κ3) is 2.17. The van der Waals surface area contributed by atoms with Gasteiger partial charge < -0.3 is 15.6 Å². The average molecular weight is 228 g/mol. The Bertz CT molecular complexity index is 366. The number of nitrogens with zero attached hydrogens (tertiary/aromatic N) is 1. The van der Waals surface area contributed by atoms with Crippen molar-refractivity contribution in [2.75, 3.05) is 6.61 Å². The molecule has 6 heteroatoms. The summed E-state index contributed by atoms with van der Waals surface area (Å²) in [4.78, 5) is 11.7. The van der Waals surface area contributed by atoms with Gasteiger partial charge in [0.15, 0.2) is 0 Å². The zero-order valence-electron chi connectivity index (χ0n) is 8.05. The minimum atomic E-state index is -0.519. The zero-order chi connectivity index (χ0) is 10.8. The number of aliphatic hydroxyl groups is 1. The molecule has 0 aromatic carbocycles. The van der Waals surface area contributed by atoms with Gasteiger partial charge in [-0.15, -0.1) is 0 Å². The number of ether oxygens (including phenoxy) is 1. The first-order chi connectivity index (χ1) is 7.20. The first-order valence-corrected chi connectivity index (χ1v) is 5.50. The largest absolute Gasteiger partial charge is 0.394 e. The molecule has 1 aromatic rings. The molecule has 1 aromatic heterocycles. The van der Waals surface area contributed by atoms with Gasteiger partial charge in [0.1, 0.15) is 5.69 Å². The van der Waals surface area contributed by atoms with Gasteiger partial charge in [0.05, 0.1) is 23.7 Å². The second kappa shape index (κ2) is 4.26. The molecule has 2 unspecified atom stereocenters. The predicted octanol–water partition coefficient (Wildman–Crippen LogP) is 0.454. The van der Waals surface area contributed by atoms with Crippen molar-refractivity contribution in [2.45, 2.75) is 25.0 Å². The van der Waals surface area contributed by atoms with Crippen LogP contribution in [-0.4, -0.2) is 28.1 Å². The van der Waals surface area contributed by atoms with Crippen LogP contribution < -0.4 is 5.73 Å². The lowest BCUT2D eigenvalue weighted by Gasteiger charge is -2.08. The van der Waals surface area contributed by atoms with E-state index in [2.05, 4.69) is 4.37 Å². The van der Waals surface area contributed by atoms with Gasteiger partial charge in [-0.2, -0.15) is 4.37 Å². The number of rotatable bonds is 3. The first kappa shape index (κ1) is 10.5. The highest BCUT2D eigenvalue weighted by Gasteiger charge is 2.27. The monoisotopic (exact) mass is 228 g/mol. The van der Waals surface area contributed by atoms with Gasteiger partial charge in [0.2, 0.25) is 0 Å². The lowest BCUT2D eigenvalue weighted by Crippen LogP contribution is -2.11. The van der Waals surface area contributed by atoms with E-state index in [0.717, 1.165) is 17.7 Å². The molecule has 1 fully saturated rings. The summed E-state index contributed by atoms with van der Waals surface area (Å²) in [5.41, 5.74) is 5.39. The Morgan fingerprint density at radius 2 is 2.53 bits per heavy atom. The Morgan fingerprint density at radius 3 is 3.07 bits per heavy atom. The number of primary amides is 1. The first-order valence-electron chi connectivity index (χ1n) is 4.73.